The van der Waals surface area contributed by atoms with Crippen LogP contribution in [0.4, 0.5) is 4.79 Å². The van der Waals surface area contributed by atoms with Crippen LogP contribution in [0.3, 0.4) is 0 Å². The van der Waals surface area contributed by atoms with E-state index in [1.807, 2.05) is 6.92 Å². The van der Waals surface area contributed by atoms with Crippen molar-refractivity contribution in [2.75, 3.05) is 33.5 Å². The number of nitrogens with zero attached hydrogens (tertiary/aromatic N) is 1. The van der Waals surface area contributed by atoms with Crippen LogP contribution in [0.1, 0.15) is 18.9 Å². The normalized spacial score (nSPS) is 15.3. The predicted octanol–water partition coefficient (Wildman–Crippen LogP) is 3.93. The van der Waals surface area contributed by atoms with Crippen LogP contribution in [0.25, 0.3) is 6.08 Å². The van der Waals surface area contributed by atoms with E-state index in [9.17, 15) is 9.59 Å². The molecule has 1 fully saturated rings. The van der Waals surface area contributed by atoms with Gasteiger partial charge in [0.05, 0.1) is 11.5 Å². The summed E-state index contributed by atoms with van der Waals surface area (Å²) in [5.74, 6) is 3.12. The summed E-state index contributed by atoms with van der Waals surface area (Å²) < 4.78 is 16.8. The lowest BCUT2D eigenvalue weighted by atomic mass is 10.1. The van der Waals surface area contributed by atoms with E-state index in [-0.39, 0.29) is 17.8 Å². The second kappa shape index (κ2) is 10.4. The summed E-state index contributed by atoms with van der Waals surface area (Å²) in [4.78, 5) is 26.2. The number of rotatable bonds is 9. The first kappa shape index (κ1) is 21.4. The molecule has 0 bridgehead atoms. The van der Waals surface area contributed by atoms with Crippen molar-refractivity contribution in [3.05, 3.63) is 27.1 Å². The van der Waals surface area contributed by atoms with E-state index < -0.39 is 0 Å². The Kier molecular flexibility index (Phi) is 8.23. The van der Waals surface area contributed by atoms with E-state index in [2.05, 4.69) is 21.9 Å². The van der Waals surface area contributed by atoms with Crippen LogP contribution in [0.5, 0.6) is 11.5 Å². The van der Waals surface area contributed by atoms with E-state index in [4.69, 9.17) is 20.6 Å². The average molecular weight is 454 g/mol. The third kappa shape index (κ3) is 5.51. The monoisotopic (exact) mass is 453 g/mol. The van der Waals surface area contributed by atoms with Crippen molar-refractivity contribution in [1.29, 1.82) is 0 Å². The van der Waals surface area contributed by atoms with Crippen LogP contribution in [-0.4, -0.2) is 49.5 Å². The van der Waals surface area contributed by atoms with Crippen molar-refractivity contribution in [1.82, 2.24) is 4.90 Å². The number of halogens is 1. The van der Waals surface area contributed by atoms with Gasteiger partial charge in [-0.1, -0.05) is 21.9 Å². The van der Waals surface area contributed by atoms with Gasteiger partial charge in [0.15, 0.2) is 11.5 Å². The highest BCUT2D eigenvalue weighted by molar-refractivity contribution is 9.10. The minimum absolute atomic E-state index is 0.117. The molecule has 0 spiro atoms. The van der Waals surface area contributed by atoms with Gasteiger partial charge in [-0.3, -0.25) is 14.5 Å². The lowest BCUT2D eigenvalue weighted by Crippen LogP contribution is -2.29. The number of methoxy groups -OCH3 is 1. The van der Waals surface area contributed by atoms with Crippen molar-refractivity contribution >= 4 is 44.9 Å². The summed E-state index contributed by atoms with van der Waals surface area (Å²) in [6.07, 6.45) is 7.50. The molecule has 6 nitrogen and oxygen atoms in total. The maximum atomic E-state index is 12.5. The highest BCUT2D eigenvalue weighted by Crippen LogP contribution is 2.38. The lowest BCUT2D eigenvalue weighted by Gasteiger charge is -2.13. The Morgan fingerprint density at radius 1 is 1.30 bits per heavy atom. The molecule has 0 saturated carbocycles. The van der Waals surface area contributed by atoms with E-state index in [1.165, 1.54) is 4.90 Å². The maximum Gasteiger partial charge on any atom is 0.293 e. The molecular weight excluding hydrogens is 434 g/mol. The second-order valence-corrected chi connectivity index (χ2v) is 7.27. The number of ether oxygens (including phenoxy) is 3. The highest BCUT2D eigenvalue weighted by atomic mass is 79.9. The second-order valence-electron chi connectivity index (χ2n) is 5.43. The van der Waals surface area contributed by atoms with Crippen molar-refractivity contribution in [2.24, 2.45) is 0 Å². The Labute approximate surface area is 171 Å². The summed E-state index contributed by atoms with van der Waals surface area (Å²) in [7, 11) is 1.58. The Morgan fingerprint density at radius 2 is 2.04 bits per heavy atom. The number of imide groups is 1. The molecule has 0 radical (unpaired) electrons. The molecule has 1 aromatic rings. The third-order valence-corrected chi connectivity index (χ3v) is 5.16. The van der Waals surface area contributed by atoms with E-state index >= 15 is 0 Å². The van der Waals surface area contributed by atoms with Crippen LogP contribution in [0.2, 0.25) is 0 Å². The van der Waals surface area contributed by atoms with Crippen LogP contribution >= 0.6 is 27.7 Å². The van der Waals surface area contributed by atoms with E-state index in [0.29, 0.717) is 52.6 Å². The van der Waals surface area contributed by atoms with Gasteiger partial charge in [-0.15, -0.1) is 6.42 Å². The molecule has 0 aliphatic carbocycles. The average Bonchev–Trinajstić information content (AvgIpc) is 2.90. The predicted molar refractivity (Wildman–Crippen MR) is 109 cm³/mol. The Balaban J connectivity index is 2.27. The topological polar surface area (TPSA) is 65.1 Å². The number of carbonyl (C=O) groups excluding carboxylic acids is 2. The molecule has 2 rings (SSSR count). The van der Waals surface area contributed by atoms with Crippen molar-refractivity contribution in [3.8, 4) is 23.8 Å². The van der Waals surface area contributed by atoms with Gasteiger partial charge in [0.1, 0.15) is 6.61 Å². The first-order chi connectivity index (χ1) is 13.0. The molecule has 1 aliphatic heterocycles. The molecule has 27 heavy (non-hydrogen) atoms. The number of carbonyl (C=O) groups is 2. The number of benzene rings is 1. The Hall–Kier alpha value is -1.95. The number of amides is 2. The number of thioether (sulfide) groups is 1. The van der Waals surface area contributed by atoms with Gasteiger partial charge in [-0.2, -0.15) is 0 Å². The fourth-order valence-corrected chi connectivity index (χ4v) is 3.66. The molecular formula is C19H20BrNO5S. The van der Waals surface area contributed by atoms with Gasteiger partial charge in [-0.05, 0) is 48.9 Å². The molecule has 0 aromatic heterocycles. The van der Waals surface area contributed by atoms with E-state index in [0.717, 1.165) is 11.8 Å². The molecule has 8 heteroatoms. The van der Waals surface area contributed by atoms with Crippen LogP contribution in [-0.2, 0) is 9.53 Å². The van der Waals surface area contributed by atoms with Crippen molar-refractivity contribution in [3.63, 3.8) is 0 Å². The minimum Gasteiger partial charge on any atom is -0.490 e. The Morgan fingerprint density at radius 3 is 2.70 bits per heavy atom. The smallest absolute Gasteiger partial charge is 0.293 e. The quantitative estimate of drug-likeness (QED) is 0.320. The van der Waals surface area contributed by atoms with Gasteiger partial charge in [0.2, 0.25) is 0 Å². The van der Waals surface area contributed by atoms with Crippen molar-refractivity contribution < 1.29 is 23.8 Å². The lowest BCUT2D eigenvalue weighted by molar-refractivity contribution is -0.122. The summed E-state index contributed by atoms with van der Waals surface area (Å²) >= 11 is 4.38. The zero-order valence-electron chi connectivity index (χ0n) is 15.1. The number of hydrogen-bond acceptors (Lipinski definition) is 6. The van der Waals surface area contributed by atoms with Gasteiger partial charge in [-0.25, -0.2) is 0 Å². The molecule has 1 aliphatic rings. The number of terminal acetylenes is 1. The van der Waals surface area contributed by atoms with Gasteiger partial charge in [0, 0.05) is 24.7 Å². The molecule has 2 amide bonds. The van der Waals surface area contributed by atoms with Gasteiger partial charge < -0.3 is 14.2 Å². The van der Waals surface area contributed by atoms with Crippen molar-refractivity contribution in [2.45, 2.75) is 13.3 Å². The van der Waals surface area contributed by atoms with Crippen LogP contribution in [0, 0.1) is 12.3 Å². The van der Waals surface area contributed by atoms with E-state index in [1.54, 1.807) is 25.3 Å². The summed E-state index contributed by atoms with van der Waals surface area (Å²) in [5, 5.41) is -0.280. The van der Waals surface area contributed by atoms with Crippen LogP contribution in [0.15, 0.2) is 21.5 Å². The van der Waals surface area contributed by atoms with Gasteiger partial charge in [0.25, 0.3) is 11.1 Å². The standard InChI is InChI=1S/C19H20BrNO5S/c1-4-8-26-16-12-14(20)13(10-15(16)25-5-2)11-17-18(22)21(19(23)27-17)7-6-9-24-3/h1,10-12H,5-9H2,2-3H3/b17-11+. The molecule has 1 aromatic carbocycles. The largest absolute Gasteiger partial charge is 0.490 e. The number of hydrogen-bond donors (Lipinski definition) is 0. The SMILES string of the molecule is C#CCOc1cc(Br)c(/C=C2/SC(=O)N(CCCOC)C2=O)cc1OCC. The first-order valence-corrected chi connectivity index (χ1v) is 9.89. The zero-order chi connectivity index (χ0) is 19.8. The summed E-state index contributed by atoms with van der Waals surface area (Å²) in [6.45, 7) is 3.25. The van der Waals surface area contributed by atoms with Crippen LogP contribution < -0.4 is 9.47 Å². The Bertz CT molecular complexity index is 787. The van der Waals surface area contributed by atoms with Gasteiger partial charge >= 0.3 is 0 Å². The molecule has 0 N–H and O–H groups in total. The minimum atomic E-state index is -0.307. The molecule has 1 saturated heterocycles. The fourth-order valence-electron chi connectivity index (χ4n) is 2.36. The molecule has 1 heterocycles. The zero-order valence-corrected chi connectivity index (χ0v) is 17.5. The third-order valence-electron chi connectivity index (χ3n) is 3.56. The molecule has 144 valence electrons. The first-order valence-electron chi connectivity index (χ1n) is 8.28. The maximum absolute atomic E-state index is 12.5. The summed E-state index contributed by atoms with van der Waals surface area (Å²) in [5.41, 5.74) is 0.703. The fraction of sp³-hybridized carbons (Fsp3) is 0.368. The highest BCUT2D eigenvalue weighted by Gasteiger charge is 2.34. The summed E-state index contributed by atoms with van der Waals surface area (Å²) in [6, 6.07) is 3.48. The molecule has 0 atom stereocenters. The molecule has 0 unspecified atom stereocenters.